The average molecular weight is 537 g/mol. The fraction of sp³-hybridized carbons (Fsp3) is 0. The first-order valence-electron chi connectivity index (χ1n) is 14.2. The highest BCUT2D eigenvalue weighted by Crippen LogP contribution is 2.41. The predicted octanol–water partition coefficient (Wildman–Crippen LogP) is 9.49. The zero-order chi connectivity index (χ0) is 27.6. The third kappa shape index (κ3) is 3.23. The third-order valence-corrected chi connectivity index (χ3v) is 8.47. The zero-order valence-electron chi connectivity index (χ0n) is 22.6. The highest BCUT2D eigenvalue weighted by molar-refractivity contribution is 6.26. The van der Waals surface area contributed by atoms with Crippen molar-refractivity contribution >= 4 is 54.4 Å². The number of fused-ring (bicyclic) bond motifs is 9. The van der Waals surface area contributed by atoms with Crippen LogP contribution in [0.2, 0.25) is 0 Å². The zero-order valence-corrected chi connectivity index (χ0v) is 22.6. The van der Waals surface area contributed by atoms with Crippen molar-refractivity contribution in [3.63, 3.8) is 0 Å². The van der Waals surface area contributed by atoms with Crippen LogP contribution in [0.4, 0.5) is 0 Å². The van der Waals surface area contributed by atoms with Crippen LogP contribution in [0.1, 0.15) is 0 Å². The Kier molecular flexibility index (Phi) is 4.87. The Bertz CT molecular complexity index is 2430. The van der Waals surface area contributed by atoms with E-state index in [4.69, 9.17) is 4.98 Å². The average Bonchev–Trinajstić information content (AvgIpc) is 3.59. The summed E-state index contributed by atoms with van der Waals surface area (Å²) in [5, 5.41) is 7.38. The molecule has 4 heteroatoms. The summed E-state index contributed by atoms with van der Waals surface area (Å²) in [4.78, 5) is 9.17. The molecule has 4 nitrogen and oxygen atoms in total. The summed E-state index contributed by atoms with van der Waals surface area (Å²) < 4.78 is 4.73. The number of rotatable bonds is 3. The predicted molar refractivity (Wildman–Crippen MR) is 174 cm³/mol. The van der Waals surface area contributed by atoms with Gasteiger partial charge in [-0.3, -0.25) is 9.55 Å². The third-order valence-electron chi connectivity index (χ3n) is 8.47. The van der Waals surface area contributed by atoms with Gasteiger partial charge in [0.2, 0.25) is 0 Å². The van der Waals surface area contributed by atoms with E-state index in [2.05, 4.69) is 129 Å². The Morgan fingerprint density at radius 2 is 0.952 bits per heavy atom. The van der Waals surface area contributed by atoms with Gasteiger partial charge in [-0.25, -0.2) is 4.98 Å². The Morgan fingerprint density at radius 1 is 0.405 bits per heavy atom. The van der Waals surface area contributed by atoms with Gasteiger partial charge in [-0.15, -0.1) is 0 Å². The van der Waals surface area contributed by atoms with Crippen LogP contribution in [0.3, 0.4) is 0 Å². The minimum Gasteiger partial charge on any atom is -0.309 e. The topological polar surface area (TPSA) is 35.6 Å². The lowest BCUT2D eigenvalue weighted by molar-refractivity contribution is 1.08. The van der Waals surface area contributed by atoms with Crippen molar-refractivity contribution in [2.45, 2.75) is 0 Å². The van der Waals surface area contributed by atoms with Crippen molar-refractivity contribution in [1.82, 2.24) is 19.1 Å². The van der Waals surface area contributed by atoms with Gasteiger partial charge in [-0.1, -0.05) is 78.9 Å². The first kappa shape index (κ1) is 23.0. The fourth-order valence-corrected chi connectivity index (χ4v) is 6.64. The van der Waals surface area contributed by atoms with E-state index in [0.717, 1.165) is 28.1 Å². The van der Waals surface area contributed by atoms with Gasteiger partial charge in [0.15, 0.2) is 0 Å². The number of aromatic nitrogens is 4. The Balaban J connectivity index is 1.40. The van der Waals surface area contributed by atoms with E-state index in [0.29, 0.717) is 0 Å². The molecule has 0 unspecified atom stereocenters. The highest BCUT2D eigenvalue weighted by atomic mass is 15.1. The Labute approximate surface area is 241 Å². The normalized spacial score (nSPS) is 11.8. The van der Waals surface area contributed by atoms with Crippen LogP contribution in [-0.4, -0.2) is 19.1 Å². The van der Waals surface area contributed by atoms with E-state index in [1.54, 1.807) is 0 Å². The summed E-state index contributed by atoms with van der Waals surface area (Å²) in [6.45, 7) is 0. The smallest absolute Gasteiger partial charge is 0.137 e. The molecule has 0 aliphatic heterocycles. The number of hydrogen-bond acceptors (Lipinski definition) is 2. The van der Waals surface area contributed by atoms with Gasteiger partial charge in [0.1, 0.15) is 5.82 Å². The molecule has 4 aromatic heterocycles. The Morgan fingerprint density at radius 3 is 1.57 bits per heavy atom. The number of pyridine rings is 2. The molecule has 0 spiro atoms. The minimum absolute atomic E-state index is 0.898. The molecule has 0 bridgehead atoms. The van der Waals surface area contributed by atoms with E-state index in [1.165, 1.54) is 48.9 Å². The standard InChI is InChI=1S/C38H24N4/c1-2-8-27(9-3-1)41-34-12-6-4-10-28(34)30-15-18-33-32(37(30)41)17-16-31-29-11-5-7-13-35(29)42(38(31)33)36-19-14-26(24-40-36)25-20-22-39-23-21-25/h1-24H. The fourth-order valence-electron chi connectivity index (χ4n) is 6.64. The summed E-state index contributed by atoms with van der Waals surface area (Å²) >= 11 is 0. The van der Waals surface area contributed by atoms with Crippen LogP contribution in [0.15, 0.2) is 146 Å². The second kappa shape index (κ2) is 8.88. The summed E-state index contributed by atoms with van der Waals surface area (Å²) in [7, 11) is 0. The van der Waals surface area contributed by atoms with Crippen LogP contribution in [0, 0.1) is 0 Å². The second-order valence-electron chi connectivity index (χ2n) is 10.7. The monoisotopic (exact) mass is 536 g/mol. The maximum atomic E-state index is 5.00. The largest absolute Gasteiger partial charge is 0.309 e. The first-order chi connectivity index (χ1) is 20.9. The molecule has 196 valence electrons. The van der Waals surface area contributed by atoms with E-state index >= 15 is 0 Å². The van der Waals surface area contributed by atoms with Crippen LogP contribution in [0.5, 0.6) is 0 Å². The molecular weight excluding hydrogens is 512 g/mol. The van der Waals surface area contributed by atoms with E-state index in [-0.39, 0.29) is 0 Å². The lowest BCUT2D eigenvalue weighted by Crippen LogP contribution is -1.98. The van der Waals surface area contributed by atoms with Crippen molar-refractivity contribution in [3.05, 3.63) is 146 Å². The second-order valence-corrected chi connectivity index (χ2v) is 10.7. The maximum absolute atomic E-state index is 5.00. The molecule has 9 rings (SSSR count). The molecule has 0 fully saturated rings. The molecule has 0 saturated carbocycles. The number of para-hydroxylation sites is 3. The van der Waals surface area contributed by atoms with Gasteiger partial charge in [0.25, 0.3) is 0 Å². The van der Waals surface area contributed by atoms with Crippen molar-refractivity contribution in [2.75, 3.05) is 0 Å². The lowest BCUT2D eigenvalue weighted by Gasteiger charge is -2.12. The van der Waals surface area contributed by atoms with Crippen molar-refractivity contribution in [1.29, 1.82) is 0 Å². The first-order valence-corrected chi connectivity index (χ1v) is 14.2. The van der Waals surface area contributed by atoms with Crippen LogP contribution >= 0.6 is 0 Å². The van der Waals surface area contributed by atoms with Gasteiger partial charge in [0.05, 0.1) is 22.1 Å². The molecule has 0 aliphatic carbocycles. The number of benzene rings is 5. The van der Waals surface area contributed by atoms with Gasteiger partial charge in [0, 0.05) is 62.2 Å². The van der Waals surface area contributed by atoms with E-state index in [1.807, 2.05) is 30.7 Å². The molecule has 9 aromatic rings. The molecule has 5 aromatic carbocycles. The summed E-state index contributed by atoms with van der Waals surface area (Å²) in [6.07, 6.45) is 5.59. The molecule has 0 saturated heterocycles. The molecule has 0 radical (unpaired) electrons. The lowest BCUT2D eigenvalue weighted by atomic mass is 10.0. The number of nitrogens with zero attached hydrogens (tertiary/aromatic N) is 4. The summed E-state index contributed by atoms with van der Waals surface area (Å²) in [5.74, 6) is 0.898. The number of hydrogen-bond donors (Lipinski definition) is 0. The van der Waals surface area contributed by atoms with Gasteiger partial charge < -0.3 is 4.57 Å². The molecule has 42 heavy (non-hydrogen) atoms. The Hall–Kier alpha value is -5.74. The van der Waals surface area contributed by atoms with Crippen LogP contribution in [0.25, 0.3) is 77.0 Å². The van der Waals surface area contributed by atoms with Crippen molar-refractivity contribution in [3.8, 4) is 22.6 Å². The molecule has 0 N–H and O–H groups in total. The van der Waals surface area contributed by atoms with E-state index in [9.17, 15) is 0 Å². The van der Waals surface area contributed by atoms with Crippen molar-refractivity contribution < 1.29 is 0 Å². The maximum Gasteiger partial charge on any atom is 0.137 e. The summed E-state index contributed by atoms with van der Waals surface area (Å²) in [6, 6.07) is 45.5. The summed E-state index contributed by atoms with van der Waals surface area (Å²) in [5.41, 5.74) is 8.08. The SMILES string of the molecule is c1ccc(-n2c3ccccc3c3ccc4c(ccc5c6ccccc6n(-c6ccc(-c7ccncc7)cn6)c54)c32)cc1. The van der Waals surface area contributed by atoms with Gasteiger partial charge in [-0.2, -0.15) is 0 Å². The van der Waals surface area contributed by atoms with Crippen molar-refractivity contribution in [2.24, 2.45) is 0 Å². The van der Waals surface area contributed by atoms with Gasteiger partial charge in [-0.05, 0) is 54.1 Å². The van der Waals surface area contributed by atoms with Crippen LogP contribution in [-0.2, 0) is 0 Å². The quantitative estimate of drug-likeness (QED) is 0.225. The molecule has 0 atom stereocenters. The minimum atomic E-state index is 0.898. The van der Waals surface area contributed by atoms with E-state index < -0.39 is 0 Å². The molecule has 4 heterocycles. The highest BCUT2D eigenvalue weighted by Gasteiger charge is 2.20. The molecular formula is C38H24N4. The molecule has 0 aliphatic rings. The van der Waals surface area contributed by atoms with Crippen LogP contribution < -0.4 is 0 Å². The molecule has 0 amide bonds. The van der Waals surface area contributed by atoms with Gasteiger partial charge >= 0.3 is 0 Å².